The van der Waals surface area contributed by atoms with Gasteiger partial charge in [-0.25, -0.2) is 0 Å². The number of fused-ring (bicyclic) bond motifs is 5. The molecule has 3 heteroatoms. The average molecular weight is 326 g/mol. The van der Waals surface area contributed by atoms with Crippen molar-refractivity contribution in [3.05, 3.63) is 35.5 Å². The second-order valence-corrected chi connectivity index (χ2v) is 8.49. The van der Waals surface area contributed by atoms with E-state index in [1.54, 1.807) is 6.08 Å². The standard InChI is InChI=1S/C21H26O3/c1-20-9-7-14(23)11-13(20)3-4-15-16-5-6-18(19(24)12-22)21(16,2)10-8-17(15)20/h6-7,9,11,15-17,22H,3-5,8,10,12H2,1-2H3/t15-,16-,17-,20-,21-/m0/s1. The molecule has 2 fully saturated rings. The Morgan fingerprint density at radius 1 is 1.29 bits per heavy atom. The molecule has 4 aliphatic carbocycles. The minimum Gasteiger partial charge on any atom is -0.388 e. The van der Waals surface area contributed by atoms with Crippen LogP contribution >= 0.6 is 0 Å². The molecule has 0 saturated heterocycles. The van der Waals surface area contributed by atoms with Gasteiger partial charge in [0.2, 0.25) is 0 Å². The van der Waals surface area contributed by atoms with Crippen molar-refractivity contribution in [1.29, 1.82) is 0 Å². The van der Waals surface area contributed by atoms with Gasteiger partial charge in [0.1, 0.15) is 6.61 Å². The molecule has 0 spiro atoms. The maximum atomic E-state index is 12.2. The summed E-state index contributed by atoms with van der Waals surface area (Å²) in [5, 5.41) is 9.31. The lowest BCUT2D eigenvalue weighted by Gasteiger charge is -2.56. The number of allylic oxidation sites excluding steroid dienone is 5. The third kappa shape index (κ3) is 2.00. The van der Waals surface area contributed by atoms with Crippen molar-refractivity contribution in [3.63, 3.8) is 0 Å². The number of aliphatic hydroxyl groups excluding tert-OH is 1. The normalized spacial score (nSPS) is 43.5. The third-order valence-corrected chi connectivity index (χ3v) is 7.58. The second kappa shape index (κ2) is 5.26. The van der Waals surface area contributed by atoms with Crippen LogP contribution in [0.15, 0.2) is 35.5 Å². The van der Waals surface area contributed by atoms with Crippen molar-refractivity contribution in [2.45, 2.75) is 46.0 Å². The molecular weight excluding hydrogens is 300 g/mol. The largest absolute Gasteiger partial charge is 0.388 e. The molecule has 1 N–H and O–H groups in total. The Bertz CT molecular complexity index is 698. The molecule has 0 amide bonds. The van der Waals surface area contributed by atoms with Crippen LogP contribution in [0.4, 0.5) is 0 Å². The highest BCUT2D eigenvalue weighted by molar-refractivity contribution is 6.01. The van der Waals surface area contributed by atoms with E-state index in [4.69, 9.17) is 0 Å². The van der Waals surface area contributed by atoms with E-state index in [-0.39, 0.29) is 29.0 Å². The van der Waals surface area contributed by atoms with Crippen molar-refractivity contribution in [2.75, 3.05) is 6.61 Å². The molecule has 24 heavy (non-hydrogen) atoms. The number of rotatable bonds is 2. The first-order valence-electron chi connectivity index (χ1n) is 9.19. The Morgan fingerprint density at radius 2 is 2.08 bits per heavy atom. The Balaban J connectivity index is 1.67. The highest BCUT2D eigenvalue weighted by atomic mass is 16.3. The van der Waals surface area contributed by atoms with Gasteiger partial charge in [-0.2, -0.15) is 0 Å². The van der Waals surface area contributed by atoms with E-state index in [0.29, 0.717) is 17.8 Å². The molecule has 3 nitrogen and oxygen atoms in total. The fourth-order valence-electron chi connectivity index (χ4n) is 6.28. The minimum absolute atomic E-state index is 0.00188. The van der Waals surface area contributed by atoms with Gasteiger partial charge < -0.3 is 5.11 Å². The molecule has 5 atom stereocenters. The van der Waals surface area contributed by atoms with Crippen LogP contribution in [0.5, 0.6) is 0 Å². The van der Waals surface area contributed by atoms with Gasteiger partial charge in [-0.05, 0) is 73.0 Å². The van der Waals surface area contributed by atoms with Crippen LogP contribution in [0.3, 0.4) is 0 Å². The summed E-state index contributed by atoms with van der Waals surface area (Å²) in [4.78, 5) is 24.0. The van der Waals surface area contributed by atoms with Crippen LogP contribution in [0.25, 0.3) is 0 Å². The molecule has 0 bridgehead atoms. The quantitative estimate of drug-likeness (QED) is 0.846. The van der Waals surface area contributed by atoms with Crippen molar-refractivity contribution in [1.82, 2.24) is 0 Å². The van der Waals surface area contributed by atoms with E-state index in [1.165, 1.54) is 5.57 Å². The van der Waals surface area contributed by atoms with Crippen molar-refractivity contribution in [3.8, 4) is 0 Å². The monoisotopic (exact) mass is 326 g/mol. The molecule has 0 aliphatic heterocycles. The van der Waals surface area contributed by atoms with Crippen LogP contribution in [0, 0.1) is 28.6 Å². The number of Topliss-reactive ketones (excluding diaryl/α,β-unsaturated/α-hetero) is 1. The third-order valence-electron chi connectivity index (χ3n) is 7.58. The minimum atomic E-state index is -0.377. The number of ketones is 2. The van der Waals surface area contributed by atoms with Gasteiger partial charge in [0, 0.05) is 5.41 Å². The van der Waals surface area contributed by atoms with Gasteiger partial charge >= 0.3 is 0 Å². The zero-order valence-electron chi connectivity index (χ0n) is 14.5. The van der Waals surface area contributed by atoms with Gasteiger partial charge in [0.05, 0.1) is 0 Å². The van der Waals surface area contributed by atoms with Gasteiger partial charge in [-0.1, -0.05) is 31.6 Å². The van der Waals surface area contributed by atoms with Crippen LogP contribution in [-0.4, -0.2) is 23.3 Å². The molecular formula is C21H26O3. The SMILES string of the molecule is C[C@]12C=CC(=O)C=C1CC[C@@H]1[C@@H]2CC[C@]2(C)C(C(=O)CO)=CC[C@@H]12. The van der Waals surface area contributed by atoms with E-state index in [1.807, 2.05) is 6.08 Å². The Hall–Kier alpha value is -1.48. The smallest absolute Gasteiger partial charge is 0.184 e. The number of hydrogen-bond donors (Lipinski definition) is 1. The highest BCUT2D eigenvalue weighted by Crippen LogP contribution is 2.64. The maximum Gasteiger partial charge on any atom is 0.184 e. The summed E-state index contributed by atoms with van der Waals surface area (Å²) in [5.41, 5.74) is 2.10. The lowest BCUT2D eigenvalue weighted by molar-refractivity contribution is -0.120. The second-order valence-electron chi connectivity index (χ2n) is 8.49. The van der Waals surface area contributed by atoms with E-state index in [2.05, 4.69) is 26.0 Å². The first-order valence-corrected chi connectivity index (χ1v) is 9.19. The van der Waals surface area contributed by atoms with Crippen LogP contribution in [0.2, 0.25) is 0 Å². The summed E-state index contributed by atoms with van der Waals surface area (Å²) < 4.78 is 0. The summed E-state index contributed by atoms with van der Waals surface area (Å²) in [5.74, 6) is 1.66. The summed E-state index contributed by atoms with van der Waals surface area (Å²) in [6.07, 6.45) is 13.0. The van der Waals surface area contributed by atoms with Gasteiger partial charge in [-0.15, -0.1) is 0 Å². The molecule has 0 heterocycles. The Kier molecular flexibility index (Phi) is 3.51. The van der Waals surface area contributed by atoms with E-state index in [9.17, 15) is 14.7 Å². The predicted molar refractivity (Wildman–Crippen MR) is 92.2 cm³/mol. The number of hydrogen-bond acceptors (Lipinski definition) is 3. The summed E-state index contributed by atoms with van der Waals surface area (Å²) in [6, 6.07) is 0. The molecule has 4 rings (SSSR count). The van der Waals surface area contributed by atoms with Gasteiger partial charge in [-0.3, -0.25) is 9.59 Å². The number of aliphatic hydroxyl groups is 1. The van der Waals surface area contributed by atoms with E-state index < -0.39 is 0 Å². The molecule has 0 radical (unpaired) electrons. The molecule has 128 valence electrons. The van der Waals surface area contributed by atoms with Crippen LogP contribution in [0.1, 0.15) is 46.0 Å². The molecule has 2 saturated carbocycles. The summed E-state index contributed by atoms with van der Waals surface area (Å²) in [7, 11) is 0. The lowest BCUT2D eigenvalue weighted by atomic mass is 9.47. The fraction of sp³-hybridized carbons (Fsp3) is 0.619. The molecule has 0 aromatic rings. The predicted octanol–water partition coefficient (Wildman–Crippen LogP) is 3.39. The van der Waals surface area contributed by atoms with Gasteiger partial charge in [0.15, 0.2) is 11.6 Å². The molecule has 0 unspecified atom stereocenters. The zero-order chi connectivity index (χ0) is 17.1. The fourth-order valence-corrected chi connectivity index (χ4v) is 6.28. The van der Waals surface area contributed by atoms with Crippen molar-refractivity contribution >= 4 is 11.6 Å². The van der Waals surface area contributed by atoms with Crippen LogP contribution in [-0.2, 0) is 9.59 Å². The van der Waals surface area contributed by atoms with Crippen molar-refractivity contribution < 1.29 is 14.7 Å². The maximum absolute atomic E-state index is 12.2. The highest BCUT2D eigenvalue weighted by Gasteiger charge is 2.57. The van der Waals surface area contributed by atoms with Crippen LogP contribution < -0.4 is 0 Å². The Labute approximate surface area is 143 Å². The van der Waals surface area contributed by atoms with E-state index in [0.717, 1.165) is 37.7 Å². The number of carbonyl (C=O) groups excluding carboxylic acids is 2. The van der Waals surface area contributed by atoms with Gasteiger partial charge in [0.25, 0.3) is 0 Å². The molecule has 0 aromatic carbocycles. The topological polar surface area (TPSA) is 54.4 Å². The molecule has 0 aromatic heterocycles. The zero-order valence-corrected chi connectivity index (χ0v) is 14.5. The lowest BCUT2D eigenvalue weighted by Crippen LogP contribution is -2.49. The number of carbonyl (C=O) groups is 2. The summed E-state index contributed by atoms with van der Waals surface area (Å²) >= 11 is 0. The summed E-state index contributed by atoms with van der Waals surface area (Å²) in [6.45, 7) is 4.15. The first-order chi connectivity index (χ1) is 11.4. The first kappa shape index (κ1) is 16.0. The molecule has 4 aliphatic rings. The average Bonchev–Trinajstić information content (AvgIpc) is 2.92. The Morgan fingerprint density at radius 3 is 2.83 bits per heavy atom. The van der Waals surface area contributed by atoms with Crippen molar-refractivity contribution in [2.24, 2.45) is 28.6 Å². The van der Waals surface area contributed by atoms with E-state index >= 15 is 0 Å².